The van der Waals surface area contributed by atoms with E-state index in [2.05, 4.69) is 15.6 Å². The summed E-state index contributed by atoms with van der Waals surface area (Å²) in [5, 5.41) is 6.47. The number of amides is 2. The molecule has 0 radical (unpaired) electrons. The van der Waals surface area contributed by atoms with Gasteiger partial charge in [-0.05, 0) is 79.6 Å². The molecular weight excluding hydrogens is 466 g/mol. The third kappa shape index (κ3) is 6.33. The van der Waals surface area contributed by atoms with Crippen LogP contribution in [0.15, 0.2) is 72.9 Å². The number of urea groups is 1. The number of hydrogen-bond donors (Lipinski definition) is 2. The number of nitrogens with one attached hydrogen (secondary N) is 2. The minimum atomic E-state index is -0.344. The number of ether oxygens (including phenoxy) is 3. The molecule has 0 aliphatic heterocycles. The highest BCUT2D eigenvalue weighted by molar-refractivity contribution is 6.17. The Labute approximate surface area is 209 Å². The molecule has 2 N–H and O–H groups in total. The Balaban J connectivity index is 1.41. The number of hydrogen-bond acceptors (Lipinski definition) is 5. The van der Waals surface area contributed by atoms with Crippen LogP contribution in [0.1, 0.15) is 12.0 Å². The summed E-state index contributed by atoms with van der Waals surface area (Å²) in [6.45, 7) is 2.55. The number of carbonyl (C=O) groups is 1. The largest absolute Gasteiger partial charge is 0.497 e. The zero-order valence-electron chi connectivity index (χ0n) is 19.5. The van der Waals surface area contributed by atoms with Crippen molar-refractivity contribution in [2.45, 2.75) is 13.3 Å². The van der Waals surface area contributed by atoms with Gasteiger partial charge in [-0.25, -0.2) is 4.79 Å². The summed E-state index contributed by atoms with van der Waals surface area (Å²) in [6.07, 6.45) is 2.48. The van der Waals surface area contributed by atoms with Gasteiger partial charge in [0.15, 0.2) is 0 Å². The lowest BCUT2D eigenvalue weighted by Gasteiger charge is -2.13. The molecule has 0 saturated carbocycles. The fourth-order valence-electron chi connectivity index (χ4n) is 3.44. The average Bonchev–Trinajstić information content (AvgIpc) is 2.86. The minimum absolute atomic E-state index is 0.344. The highest BCUT2D eigenvalue weighted by Crippen LogP contribution is 2.33. The molecule has 2 amide bonds. The molecule has 0 atom stereocenters. The van der Waals surface area contributed by atoms with Crippen LogP contribution in [0.5, 0.6) is 23.0 Å². The molecular formula is C27H26ClN3O4. The maximum Gasteiger partial charge on any atom is 0.323 e. The second kappa shape index (κ2) is 11.4. The van der Waals surface area contributed by atoms with Crippen molar-refractivity contribution in [2.75, 3.05) is 30.2 Å². The first-order valence-electron chi connectivity index (χ1n) is 11.1. The molecule has 0 spiro atoms. The summed E-state index contributed by atoms with van der Waals surface area (Å²) >= 11 is 5.74. The lowest BCUT2D eigenvalue weighted by atomic mass is 10.1. The number of rotatable bonds is 9. The zero-order chi connectivity index (χ0) is 24.6. The Bertz CT molecular complexity index is 1290. The van der Waals surface area contributed by atoms with Gasteiger partial charge >= 0.3 is 6.03 Å². The van der Waals surface area contributed by atoms with Gasteiger partial charge in [0.05, 0.1) is 19.2 Å². The number of alkyl halides is 1. The highest BCUT2D eigenvalue weighted by Gasteiger charge is 2.10. The Hall–Kier alpha value is -3.97. The van der Waals surface area contributed by atoms with Crippen molar-refractivity contribution >= 4 is 39.9 Å². The van der Waals surface area contributed by atoms with Gasteiger partial charge < -0.3 is 24.8 Å². The van der Waals surface area contributed by atoms with Gasteiger partial charge in [-0.2, -0.15) is 0 Å². The van der Waals surface area contributed by atoms with Crippen molar-refractivity contribution in [3.63, 3.8) is 0 Å². The summed E-state index contributed by atoms with van der Waals surface area (Å²) in [6, 6.07) is 19.7. The third-order valence-corrected chi connectivity index (χ3v) is 5.49. The van der Waals surface area contributed by atoms with E-state index in [-0.39, 0.29) is 6.03 Å². The van der Waals surface area contributed by atoms with Gasteiger partial charge in [-0.1, -0.05) is 0 Å². The van der Waals surface area contributed by atoms with Crippen LogP contribution < -0.4 is 24.8 Å². The smallest absolute Gasteiger partial charge is 0.323 e. The van der Waals surface area contributed by atoms with Gasteiger partial charge in [0.25, 0.3) is 0 Å². The highest BCUT2D eigenvalue weighted by atomic mass is 35.5. The van der Waals surface area contributed by atoms with E-state index in [0.717, 1.165) is 34.4 Å². The first-order chi connectivity index (χ1) is 17.1. The summed E-state index contributed by atoms with van der Waals surface area (Å²) < 4.78 is 17.1. The minimum Gasteiger partial charge on any atom is -0.497 e. The van der Waals surface area contributed by atoms with E-state index in [0.29, 0.717) is 35.4 Å². The quantitative estimate of drug-likeness (QED) is 0.194. The van der Waals surface area contributed by atoms with Crippen LogP contribution >= 0.6 is 11.6 Å². The summed E-state index contributed by atoms with van der Waals surface area (Å²) in [5.74, 6) is 3.39. The number of benzene rings is 3. The molecule has 0 aliphatic rings. The molecule has 4 rings (SSSR count). The van der Waals surface area contributed by atoms with Crippen LogP contribution in [0.4, 0.5) is 16.2 Å². The number of halogens is 1. The Morgan fingerprint density at radius 3 is 2.20 bits per heavy atom. The monoisotopic (exact) mass is 491 g/mol. The topological polar surface area (TPSA) is 81.7 Å². The number of aryl methyl sites for hydroxylation is 1. The molecule has 180 valence electrons. The van der Waals surface area contributed by atoms with Crippen molar-refractivity contribution < 1.29 is 19.0 Å². The van der Waals surface area contributed by atoms with Crippen molar-refractivity contribution in [1.29, 1.82) is 0 Å². The molecule has 1 heterocycles. The number of anilines is 2. The number of methoxy groups -OCH3 is 1. The molecule has 0 bridgehead atoms. The van der Waals surface area contributed by atoms with Crippen LogP contribution in [0.25, 0.3) is 10.9 Å². The van der Waals surface area contributed by atoms with Gasteiger partial charge in [0.2, 0.25) is 0 Å². The molecule has 4 aromatic rings. The SMILES string of the molecule is COc1ccc(NC(=O)Nc2ccc(Oc3ccnc4cc(OCCCCl)c(C)cc34)cc2)cc1. The van der Waals surface area contributed by atoms with Gasteiger partial charge in [0, 0.05) is 34.9 Å². The fraction of sp³-hybridized carbons (Fsp3) is 0.185. The second-order valence-corrected chi connectivity index (χ2v) is 8.15. The van der Waals surface area contributed by atoms with E-state index >= 15 is 0 Å². The molecule has 7 nitrogen and oxygen atoms in total. The van der Waals surface area contributed by atoms with Crippen molar-refractivity contribution in [1.82, 2.24) is 4.98 Å². The Morgan fingerprint density at radius 1 is 0.914 bits per heavy atom. The molecule has 1 aromatic heterocycles. The second-order valence-electron chi connectivity index (χ2n) is 7.77. The van der Waals surface area contributed by atoms with E-state index in [4.69, 9.17) is 25.8 Å². The van der Waals surface area contributed by atoms with Crippen molar-refractivity contribution in [3.05, 3.63) is 78.5 Å². The maximum atomic E-state index is 12.3. The molecule has 3 aromatic carbocycles. The first kappa shape index (κ1) is 24.2. The molecule has 0 saturated heterocycles. The molecule has 8 heteroatoms. The van der Waals surface area contributed by atoms with E-state index in [1.165, 1.54) is 0 Å². The zero-order valence-corrected chi connectivity index (χ0v) is 20.3. The maximum absolute atomic E-state index is 12.3. The van der Waals surface area contributed by atoms with Gasteiger partial charge in [-0.15, -0.1) is 11.6 Å². The number of pyridine rings is 1. The predicted molar refractivity (Wildman–Crippen MR) is 139 cm³/mol. The summed E-state index contributed by atoms with van der Waals surface area (Å²) in [4.78, 5) is 16.7. The Kier molecular flexibility index (Phi) is 7.90. The number of aromatic nitrogens is 1. The lowest BCUT2D eigenvalue weighted by Crippen LogP contribution is -2.19. The van der Waals surface area contributed by atoms with Crippen molar-refractivity contribution in [3.8, 4) is 23.0 Å². The average molecular weight is 492 g/mol. The van der Waals surface area contributed by atoms with Crippen LogP contribution in [-0.4, -0.2) is 30.6 Å². The summed E-state index contributed by atoms with van der Waals surface area (Å²) in [7, 11) is 1.59. The van der Waals surface area contributed by atoms with Gasteiger partial charge in [-0.3, -0.25) is 4.98 Å². The fourth-order valence-corrected chi connectivity index (χ4v) is 3.55. The van der Waals surface area contributed by atoms with Gasteiger partial charge in [0.1, 0.15) is 23.0 Å². The van der Waals surface area contributed by atoms with Crippen LogP contribution in [-0.2, 0) is 0 Å². The van der Waals surface area contributed by atoms with Crippen LogP contribution in [0.3, 0.4) is 0 Å². The van der Waals surface area contributed by atoms with E-state index in [1.807, 2.05) is 25.1 Å². The first-order valence-corrected chi connectivity index (χ1v) is 11.7. The summed E-state index contributed by atoms with van der Waals surface area (Å²) in [5.41, 5.74) is 3.07. The number of nitrogens with zero attached hydrogens (tertiary/aromatic N) is 1. The molecule has 0 fully saturated rings. The standard InChI is InChI=1S/C27H26ClN3O4/c1-18-16-23-24(17-26(18)34-15-3-13-28)29-14-12-25(23)35-22-10-6-20(7-11-22)31-27(32)30-19-4-8-21(33-2)9-5-19/h4-12,14,16-17H,3,13,15H2,1-2H3,(H2,30,31,32). The number of carbonyl (C=O) groups excluding carboxylic acids is 1. The molecule has 0 unspecified atom stereocenters. The predicted octanol–water partition coefficient (Wildman–Crippen LogP) is 7.00. The normalized spacial score (nSPS) is 10.6. The van der Waals surface area contributed by atoms with Crippen LogP contribution in [0.2, 0.25) is 0 Å². The molecule has 0 aliphatic carbocycles. The Morgan fingerprint density at radius 2 is 1.57 bits per heavy atom. The lowest BCUT2D eigenvalue weighted by molar-refractivity contribution is 0.262. The number of fused-ring (bicyclic) bond motifs is 1. The van der Waals surface area contributed by atoms with Crippen LogP contribution in [0, 0.1) is 6.92 Å². The van der Waals surface area contributed by atoms with E-state index in [1.54, 1.807) is 61.8 Å². The third-order valence-electron chi connectivity index (χ3n) is 5.22. The van der Waals surface area contributed by atoms with E-state index in [9.17, 15) is 4.79 Å². The van der Waals surface area contributed by atoms with E-state index < -0.39 is 0 Å². The van der Waals surface area contributed by atoms with Crippen molar-refractivity contribution in [2.24, 2.45) is 0 Å². The molecule has 35 heavy (non-hydrogen) atoms.